The van der Waals surface area contributed by atoms with Crippen LogP contribution in [0.5, 0.6) is 0 Å². The van der Waals surface area contributed by atoms with E-state index in [9.17, 15) is 5.11 Å². The quantitative estimate of drug-likeness (QED) is 0.675. The van der Waals surface area contributed by atoms with Crippen LogP contribution in [0.15, 0.2) is 18.2 Å². The smallest absolute Gasteiger partial charge is 0.125 e. The van der Waals surface area contributed by atoms with Crippen molar-refractivity contribution >= 4 is 0 Å². The fraction of sp³-hybridized carbons (Fsp3) is 0.500. The lowest BCUT2D eigenvalue weighted by Crippen LogP contribution is -2.29. The van der Waals surface area contributed by atoms with Crippen LogP contribution in [0.3, 0.4) is 0 Å². The fourth-order valence-electron chi connectivity index (χ4n) is 2.27. The molecule has 1 fully saturated rings. The lowest BCUT2D eigenvalue weighted by Gasteiger charge is -2.26. The number of aliphatic hydroxyl groups is 1. The standard InChI is InChI=1S/C16H20O/c1-13-6-7-15(12-14(13)2)8-11-16(17)9-4-3-5-10-16/h6-7,12,17H,3-5,9-10H2,1-2H3. The Bertz CT molecular complexity index is 456. The summed E-state index contributed by atoms with van der Waals surface area (Å²) in [5, 5.41) is 10.3. The van der Waals surface area contributed by atoms with E-state index in [-0.39, 0.29) is 0 Å². The molecule has 1 nitrogen and oxygen atoms in total. The topological polar surface area (TPSA) is 20.2 Å². The summed E-state index contributed by atoms with van der Waals surface area (Å²) < 4.78 is 0. The molecule has 0 aromatic heterocycles. The first kappa shape index (κ1) is 12.2. The molecule has 0 bridgehead atoms. The predicted octanol–water partition coefficient (Wildman–Crippen LogP) is 3.35. The molecule has 1 aliphatic rings. The van der Waals surface area contributed by atoms with Crippen molar-refractivity contribution < 1.29 is 5.11 Å². The zero-order valence-corrected chi connectivity index (χ0v) is 10.7. The summed E-state index contributed by atoms with van der Waals surface area (Å²) in [4.78, 5) is 0. The van der Waals surface area contributed by atoms with Crippen molar-refractivity contribution in [2.75, 3.05) is 0 Å². The van der Waals surface area contributed by atoms with E-state index in [0.717, 1.165) is 31.2 Å². The van der Waals surface area contributed by atoms with E-state index in [1.165, 1.54) is 17.5 Å². The van der Waals surface area contributed by atoms with Crippen LogP contribution < -0.4 is 0 Å². The summed E-state index contributed by atoms with van der Waals surface area (Å²) in [6, 6.07) is 6.21. The van der Waals surface area contributed by atoms with E-state index in [2.05, 4.69) is 37.8 Å². The number of rotatable bonds is 0. The minimum Gasteiger partial charge on any atom is -0.378 e. The lowest BCUT2D eigenvalue weighted by molar-refractivity contribution is 0.0610. The maximum Gasteiger partial charge on any atom is 0.125 e. The highest BCUT2D eigenvalue weighted by atomic mass is 16.3. The van der Waals surface area contributed by atoms with Gasteiger partial charge in [0.1, 0.15) is 5.60 Å². The monoisotopic (exact) mass is 228 g/mol. The van der Waals surface area contributed by atoms with Gasteiger partial charge in [-0.1, -0.05) is 24.3 Å². The van der Waals surface area contributed by atoms with Gasteiger partial charge >= 0.3 is 0 Å². The summed E-state index contributed by atoms with van der Waals surface area (Å²) in [5.74, 6) is 6.19. The van der Waals surface area contributed by atoms with Crippen molar-refractivity contribution in [2.24, 2.45) is 0 Å². The highest BCUT2D eigenvalue weighted by molar-refractivity contribution is 5.41. The Morgan fingerprint density at radius 3 is 2.41 bits per heavy atom. The number of hydrogen-bond donors (Lipinski definition) is 1. The third-order valence-corrected chi connectivity index (χ3v) is 3.63. The SMILES string of the molecule is Cc1ccc(C#CC2(O)CCCCC2)cc1C. The van der Waals surface area contributed by atoms with Gasteiger partial charge in [0.05, 0.1) is 0 Å². The molecule has 1 saturated carbocycles. The normalized spacial score (nSPS) is 18.3. The summed E-state index contributed by atoms with van der Waals surface area (Å²) in [7, 11) is 0. The first-order valence-electron chi connectivity index (χ1n) is 6.42. The second-order valence-corrected chi connectivity index (χ2v) is 5.14. The van der Waals surface area contributed by atoms with Crippen LogP contribution in [-0.4, -0.2) is 10.7 Å². The van der Waals surface area contributed by atoms with Crippen molar-refractivity contribution in [3.8, 4) is 11.8 Å². The molecule has 0 atom stereocenters. The Labute approximate surface area is 104 Å². The van der Waals surface area contributed by atoms with Gasteiger partial charge in [-0.05, 0) is 62.8 Å². The first-order valence-corrected chi connectivity index (χ1v) is 6.42. The molecule has 0 aliphatic heterocycles. The van der Waals surface area contributed by atoms with Crippen LogP contribution in [0.25, 0.3) is 0 Å². The summed E-state index contributed by atoms with van der Waals surface area (Å²) in [6.07, 6.45) is 5.07. The van der Waals surface area contributed by atoms with E-state index >= 15 is 0 Å². The zero-order valence-electron chi connectivity index (χ0n) is 10.7. The predicted molar refractivity (Wildman–Crippen MR) is 70.8 cm³/mol. The molecule has 0 radical (unpaired) electrons. The molecule has 1 aromatic rings. The van der Waals surface area contributed by atoms with Crippen LogP contribution in [0.2, 0.25) is 0 Å². The highest BCUT2D eigenvalue weighted by Gasteiger charge is 2.26. The average molecular weight is 228 g/mol. The minimum atomic E-state index is -0.739. The molecule has 1 aromatic carbocycles. The molecule has 0 heterocycles. The molecule has 1 heteroatoms. The minimum absolute atomic E-state index is 0.739. The van der Waals surface area contributed by atoms with Crippen molar-refractivity contribution in [3.05, 3.63) is 34.9 Å². The van der Waals surface area contributed by atoms with Gasteiger partial charge in [0, 0.05) is 5.56 Å². The van der Waals surface area contributed by atoms with Crippen LogP contribution in [0, 0.1) is 25.7 Å². The Kier molecular flexibility index (Phi) is 3.54. The molecule has 17 heavy (non-hydrogen) atoms. The Balaban J connectivity index is 2.17. The van der Waals surface area contributed by atoms with Gasteiger partial charge in [0.2, 0.25) is 0 Å². The molecule has 1 aliphatic carbocycles. The van der Waals surface area contributed by atoms with Gasteiger partial charge in [0.25, 0.3) is 0 Å². The molecule has 0 saturated heterocycles. The van der Waals surface area contributed by atoms with Gasteiger partial charge < -0.3 is 5.11 Å². The number of benzene rings is 1. The van der Waals surface area contributed by atoms with Crippen LogP contribution in [0.1, 0.15) is 48.8 Å². The second kappa shape index (κ2) is 4.94. The van der Waals surface area contributed by atoms with E-state index in [4.69, 9.17) is 0 Å². The van der Waals surface area contributed by atoms with Crippen molar-refractivity contribution in [2.45, 2.75) is 51.6 Å². The third kappa shape index (κ3) is 3.11. The zero-order chi connectivity index (χ0) is 12.3. The van der Waals surface area contributed by atoms with Crippen molar-refractivity contribution in [1.82, 2.24) is 0 Å². The Morgan fingerprint density at radius 1 is 1.06 bits per heavy atom. The molecule has 90 valence electrons. The maximum absolute atomic E-state index is 10.3. The Morgan fingerprint density at radius 2 is 1.76 bits per heavy atom. The summed E-state index contributed by atoms with van der Waals surface area (Å²) in [6.45, 7) is 4.19. The van der Waals surface area contributed by atoms with Gasteiger partial charge in [0.15, 0.2) is 0 Å². The summed E-state index contributed by atoms with van der Waals surface area (Å²) in [5.41, 5.74) is 2.81. The van der Waals surface area contributed by atoms with Gasteiger partial charge in [-0.2, -0.15) is 0 Å². The van der Waals surface area contributed by atoms with E-state index < -0.39 is 5.60 Å². The number of aryl methyl sites for hydroxylation is 2. The van der Waals surface area contributed by atoms with Crippen molar-refractivity contribution in [1.29, 1.82) is 0 Å². The van der Waals surface area contributed by atoms with Gasteiger partial charge in [-0.15, -0.1) is 0 Å². The molecule has 2 rings (SSSR count). The van der Waals surface area contributed by atoms with Crippen molar-refractivity contribution in [3.63, 3.8) is 0 Å². The maximum atomic E-state index is 10.3. The van der Waals surface area contributed by atoms with E-state index in [1.807, 2.05) is 6.07 Å². The largest absolute Gasteiger partial charge is 0.378 e. The molecule has 0 amide bonds. The molecule has 0 unspecified atom stereocenters. The Hall–Kier alpha value is -1.26. The van der Waals surface area contributed by atoms with Gasteiger partial charge in [-0.25, -0.2) is 0 Å². The summed E-state index contributed by atoms with van der Waals surface area (Å²) >= 11 is 0. The van der Waals surface area contributed by atoms with Crippen LogP contribution in [-0.2, 0) is 0 Å². The molecular formula is C16H20O. The highest BCUT2D eigenvalue weighted by Crippen LogP contribution is 2.27. The molecule has 0 spiro atoms. The number of hydrogen-bond acceptors (Lipinski definition) is 1. The molecule has 1 N–H and O–H groups in total. The van der Waals surface area contributed by atoms with Crippen LogP contribution >= 0.6 is 0 Å². The third-order valence-electron chi connectivity index (χ3n) is 3.63. The second-order valence-electron chi connectivity index (χ2n) is 5.14. The van der Waals surface area contributed by atoms with Gasteiger partial charge in [-0.3, -0.25) is 0 Å². The molecular weight excluding hydrogens is 208 g/mol. The van der Waals surface area contributed by atoms with E-state index in [1.54, 1.807) is 0 Å². The van der Waals surface area contributed by atoms with Crippen LogP contribution in [0.4, 0.5) is 0 Å². The fourth-order valence-corrected chi connectivity index (χ4v) is 2.27. The van der Waals surface area contributed by atoms with E-state index in [0.29, 0.717) is 0 Å². The lowest BCUT2D eigenvalue weighted by atomic mass is 9.85. The first-order chi connectivity index (χ1) is 8.09. The average Bonchev–Trinajstić information content (AvgIpc) is 2.32.